The van der Waals surface area contributed by atoms with Crippen LogP contribution in [-0.2, 0) is 0 Å². The smallest absolute Gasteiger partial charge is 0.261 e. The van der Waals surface area contributed by atoms with E-state index in [0.29, 0.717) is 23.7 Å². The average Bonchev–Trinajstić information content (AvgIpc) is 3.34. The zero-order valence-corrected chi connectivity index (χ0v) is 19.6. The minimum atomic E-state index is -0.249. The molecule has 1 atom stereocenters. The van der Waals surface area contributed by atoms with Crippen LogP contribution in [0.5, 0.6) is 11.5 Å². The minimum absolute atomic E-state index is 0.180. The average molecular weight is 467 g/mol. The Kier molecular flexibility index (Phi) is 6.22. The lowest BCUT2D eigenvalue weighted by atomic mass is 10.0. The molecule has 0 unspecified atom stereocenters. The number of aromatic nitrogens is 2. The van der Waals surface area contributed by atoms with Gasteiger partial charge in [-0.25, -0.2) is 4.68 Å². The fourth-order valence-electron chi connectivity index (χ4n) is 4.11. The van der Waals surface area contributed by atoms with Gasteiger partial charge in [-0.05, 0) is 55.0 Å². The van der Waals surface area contributed by atoms with Crippen molar-refractivity contribution >= 4 is 23.1 Å². The maximum atomic E-state index is 13.3. The number of allylic oxidation sites excluding steroid dienone is 1. The van der Waals surface area contributed by atoms with Crippen LogP contribution in [-0.4, -0.2) is 29.4 Å². The molecule has 0 bridgehead atoms. The fourth-order valence-corrected chi connectivity index (χ4v) is 4.11. The molecular formula is C28H26N4O3. The van der Waals surface area contributed by atoms with Crippen LogP contribution in [0.3, 0.4) is 0 Å². The van der Waals surface area contributed by atoms with Gasteiger partial charge in [-0.2, -0.15) is 5.10 Å². The molecule has 2 N–H and O–H groups in total. The summed E-state index contributed by atoms with van der Waals surface area (Å²) in [6.07, 6.45) is 3.71. The molecular weight excluding hydrogens is 440 g/mol. The van der Waals surface area contributed by atoms with Crippen molar-refractivity contribution in [2.24, 2.45) is 0 Å². The number of amides is 1. The lowest BCUT2D eigenvalue weighted by molar-refractivity contribution is 0.102. The Hall–Kier alpha value is -4.52. The van der Waals surface area contributed by atoms with Crippen LogP contribution in [0.25, 0.3) is 5.70 Å². The predicted octanol–water partition coefficient (Wildman–Crippen LogP) is 5.60. The van der Waals surface area contributed by atoms with Gasteiger partial charge in [0, 0.05) is 16.9 Å². The summed E-state index contributed by atoms with van der Waals surface area (Å²) in [5.41, 5.74) is 4.03. The number of carbonyl (C=O) groups is 1. The van der Waals surface area contributed by atoms with Crippen molar-refractivity contribution in [1.82, 2.24) is 9.78 Å². The molecule has 7 nitrogen and oxygen atoms in total. The molecule has 176 valence electrons. The van der Waals surface area contributed by atoms with Gasteiger partial charge in [0.2, 0.25) is 0 Å². The van der Waals surface area contributed by atoms with Gasteiger partial charge >= 0.3 is 0 Å². The molecule has 0 fully saturated rings. The second-order valence-electron chi connectivity index (χ2n) is 8.06. The number of ether oxygens (including phenoxy) is 2. The quantitative estimate of drug-likeness (QED) is 0.371. The van der Waals surface area contributed by atoms with Crippen LogP contribution in [0, 0.1) is 0 Å². The molecule has 0 saturated carbocycles. The Morgan fingerprint density at radius 2 is 1.83 bits per heavy atom. The first-order chi connectivity index (χ1) is 17.2. The van der Waals surface area contributed by atoms with Crippen LogP contribution in [0.1, 0.15) is 34.5 Å². The second-order valence-corrected chi connectivity index (χ2v) is 8.06. The second kappa shape index (κ2) is 9.77. The minimum Gasteiger partial charge on any atom is -0.497 e. The first-order valence-corrected chi connectivity index (χ1v) is 11.5. The molecule has 0 radical (unpaired) electrons. The van der Waals surface area contributed by atoms with Gasteiger partial charge in [-0.3, -0.25) is 4.79 Å². The van der Waals surface area contributed by atoms with E-state index in [1.807, 2.05) is 78.3 Å². The normalized spacial score (nSPS) is 14.3. The molecule has 0 aliphatic carbocycles. The number of benzene rings is 3. The summed E-state index contributed by atoms with van der Waals surface area (Å²) in [4.78, 5) is 13.3. The summed E-state index contributed by atoms with van der Waals surface area (Å²) >= 11 is 0. The lowest BCUT2D eigenvalue weighted by Gasteiger charge is -2.26. The SMILES string of the molecule is CCOc1ccc(NC(=O)c2cnn3c2NC(c2cccc(OC)c2)=C[C@H]3c2ccccc2)cc1. The topological polar surface area (TPSA) is 77.4 Å². The third-order valence-electron chi connectivity index (χ3n) is 5.83. The highest BCUT2D eigenvalue weighted by molar-refractivity contribution is 6.08. The summed E-state index contributed by atoms with van der Waals surface area (Å²) in [6, 6.07) is 25.0. The molecule has 0 spiro atoms. The van der Waals surface area contributed by atoms with Crippen LogP contribution in [0.2, 0.25) is 0 Å². The maximum Gasteiger partial charge on any atom is 0.261 e. The molecule has 35 heavy (non-hydrogen) atoms. The molecule has 3 aromatic carbocycles. The summed E-state index contributed by atoms with van der Waals surface area (Å²) in [5, 5.41) is 11.0. The van der Waals surface area contributed by atoms with Crippen molar-refractivity contribution in [2.75, 3.05) is 24.4 Å². The Labute approximate surface area is 204 Å². The monoisotopic (exact) mass is 466 g/mol. The Balaban J connectivity index is 1.49. The molecule has 7 heteroatoms. The largest absolute Gasteiger partial charge is 0.497 e. The molecule has 5 rings (SSSR count). The molecule has 0 saturated heterocycles. The molecule has 1 aromatic heterocycles. The van der Waals surface area contributed by atoms with Crippen LogP contribution < -0.4 is 20.1 Å². The molecule has 1 amide bonds. The van der Waals surface area contributed by atoms with Gasteiger partial charge in [-0.1, -0.05) is 42.5 Å². The van der Waals surface area contributed by atoms with Crippen molar-refractivity contribution in [3.8, 4) is 11.5 Å². The van der Waals surface area contributed by atoms with Crippen LogP contribution in [0.15, 0.2) is 91.1 Å². The van der Waals surface area contributed by atoms with Gasteiger partial charge in [0.05, 0.1) is 26.0 Å². The highest BCUT2D eigenvalue weighted by Gasteiger charge is 2.28. The van der Waals surface area contributed by atoms with E-state index in [1.54, 1.807) is 13.3 Å². The van der Waals surface area contributed by atoms with E-state index >= 15 is 0 Å². The Bertz CT molecular complexity index is 1360. The zero-order valence-electron chi connectivity index (χ0n) is 19.6. The third kappa shape index (κ3) is 4.61. The highest BCUT2D eigenvalue weighted by atomic mass is 16.5. The van der Waals surface area contributed by atoms with Crippen molar-refractivity contribution in [1.29, 1.82) is 0 Å². The van der Waals surface area contributed by atoms with Crippen molar-refractivity contribution < 1.29 is 14.3 Å². The lowest BCUT2D eigenvalue weighted by Crippen LogP contribution is -2.22. The van der Waals surface area contributed by atoms with Gasteiger partial charge in [-0.15, -0.1) is 0 Å². The summed E-state index contributed by atoms with van der Waals surface area (Å²) in [5.74, 6) is 1.90. The van der Waals surface area contributed by atoms with Gasteiger partial charge < -0.3 is 20.1 Å². The predicted molar refractivity (Wildman–Crippen MR) is 137 cm³/mol. The first-order valence-electron chi connectivity index (χ1n) is 11.5. The van der Waals surface area contributed by atoms with Crippen molar-refractivity contribution in [3.05, 3.63) is 108 Å². The van der Waals surface area contributed by atoms with Gasteiger partial charge in [0.1, 0.15) is 22.9 Å². The number of fused-ring (bicyclic) bond motifs is 1. The Morgan fingerprint density at radius 1 is 1.03 bits per heavy atom. The van der Waals surface area contributed by atoms with E-state index in [9.17, 15) is 4.79 Å². The Morgan fingerprint density at radius 3 is 2.57 bits per heavy atom. The molecule has 1 aliphatic heterocycles. The molecule has 4 aromatic rings. The van der Waals surface area contributed by atoms with E-state index in [1.165, 1.54) is 0 Å². The van der Waals surface area contributed by atoms with Crippen LogP contribution in [0.4, 0.5) is 11.5 Å². The number of hydrogen-bond acceptors (Lipinski definition) is 5. The third-order valence-corrected chi connectivity index (χ3v) is 5.83. The van der Waals surface area contributed by atoms with Crippen LogP contribution >= 0.6 is 0 Å². The van der Waals surface area contributed by atoms with E-state index in [0.717, 1.165) is 28.3 Å². The standard InChI is InChI=1S/C28H26N4O3/c1-3-35-22-14-12-21(13-15-22)30-28(33)24-18-29-32-26(19-8-5-4-6-9-19)17-25(31-27(24)32)20-10-7-11-23(16-20)34-2/h4-18,26,31H,3H2,1-2H3,(H,30,33)/t26-/m0/s1. The van der Waals surface area contributed by atoms with Gasteiger partial charge in [0.15, 0.2) is 0 Å². The number of methoxy groups -OCH3 is 1. The summed E-state index contributed by atoms with van der Waals surface area (Å²) in [6.45, 7) is 2.52. The van der Waals surface area contributed by atoms with E-state index in [2.05, 4.69) is 33.9 Å². The number of rotatable bonds is 7. The van der Waals surface area contributed by atoms with Crippen molar-refractivity contribution in [3.63, 3.8) is 0 Å². The molecule has 2 heterocycles. The maximum absolute atomic E-state index is 13.3. The van der Waals surface area contributed by atoms with Crippen molar-refractivity contribution in [2.45, 2.75) is 13.0 Å². The number of hydrogen-bond donors (Lipinski definition) is 2. The summed E-state index contributed by atoms with van der Waals surface area (Å²) in [7, 11) is 1.65. The van der Waals surface area contributed by atoms with E-state index in [-0.39, 0.29) is 11.9 Å². The molecule has 1 aliphatic rings. The first kappa shape index (κ1) is 22.3. The highest BCUT2D eigenvalue weighted by Crippen LogP contribution is 2.36. The summed E-state index contributed by atoms with van der Waals surface area (Å²) < 4.78 is 12.7. The van der Waals surface area contributed by atoms with E-state index < -0.39 is 0 Å². The van der Waals surface area contributed by atoms with Gasteiger partial charge in [0.25, 0.3) is 5.91 Å². The zero-order chi connectivity index (χ0) is 24.2. The number of nitrogens with one attached hydrogen (secondary N) is 2. The number of carbonyl (C=O) groups excluding carboxylic acids is 1. The number of nitrogens with zero attached hydrogens (tertiary/aromatic N) is 2. The van der Waals surface area contributed by atoms with E-state index in [4.69, 9.17) is 9.47 Å². The fraction of sp³-hybridized carbons (Fsp3) is 0.143. The number of anilines is 2.